The van der Waals surface area contributed by atoms with Crippen molar-refractivity contribution in [2.75, 3.05) is 18.4 Å². The van der Waals surface area contributed by atoms with Crippen LogP contribution < -0.4 is 5.32 Å². The molecule has 1 aromatic heterocycles. The molecule has 0 radical (unpaired) electrons. The molecule has 1 aliphatic heterocycles. The van der Waals surface area contributed by atoms with Gasteiger partial charge in [0.1, 0.15) is 0 Å². The number of likely N-dealkylation sites (tertiary alicyclic amines) is 1. The van der Waals surface area contributed by atoms with E-state index in [0.717, 1.165) is 6.42 Å². The Bertz CT molecular complexity index is 441. The summed E-state index contributed by atoms with van der Waals surface area (Å²) in [6.07, 6.45) is 1.90. The summed E-state index contributed by atoms with van der Waals surface area (Å²) >= 11 is 5.87. The van der Waals surface area contributed by atoms with Crippen LogP contribution in [0.25, 0.3) is 0 Å². The molecule has 2 rings (SSSR count). The van der Waals surface area contributed by atoms with E-state index < -0.39 is 6.10 Å². The Balaban J connectivity index is 1.99. The lowest BCUT2D eigenvalue weighted by Gasteiger charge is -2.34. The van der Waals surface area contributed by atoms with Crippen molar-refractivity contribution in [2.45, 2.75) is 19.4 Å². The standard InChI is InChI=1S/C12H16ClN3O2/c1-8-4-6-16(7-10(8)17)12(18)15-9-3-2-5-14-11(9)13/h2-3,5,8,10,17H,4,6-7H2,1H3,(H,15,18). The minimum absolute atomic E-state index is 0.232. The fourth-order valence-corrected chi connectivity index (χ4v) is 2.07. The first kappa shape index (κ1) is 13.1. The molecule has 6 heteroatoms. The number of carbonyl (C=O) groups is 1. The molecule has 0 saturated carbocycles. The van der Waals surface area contributed by atoms with Crippen LogP contribution in [0.3, 0.4) is 0 Å². The van der Waals surface area contributed by atoms with Crippen LogP contribution in [0.4, 0.5) is 10.5 Å². The lowest BCUT2D eigenvalue weighted by Crippen LogP contribution is -2.47. The van der Waals surface area contributed by atoms with E-state index in [4.69, 9.17) is 11.6 Å². The second-order valence-corrected chi connectivity index (χ2v) is 4.91. The van der Waals surface area contributed by atoms with Crippen LogP contribution in [0.15, 0.2) is 18.3 Å². The van der Waals surface area contributed by atoms with E-state index in [9.17, 15) is 9.90 Å². The maximum atomic E-state index is 12.0. The number of nitrogens with one attached hydrogen (secondary N) is 1. The van der Waals surface area contributed by atoms with Gasteiger partial charge in [-0.05, 0) is 24.5 Å². The summed E-state index contributed by atoms with van der Waals surface area (Å²) in [5.74, 6) is 0.232. The number of amides is 2. The topological polar surface area (TPSA) is 65.5 Å². The zero-order valence-electron chi connectivity index (χ0n) is 10.1. The zero-order valence-corrected chi connectivity index (χ0v) is 10.9. The van der Waals surface area contributed by atoms with Crippen LogP contribution in [0.5, 0.6) is 0 Å². The fourth-order valence-electron chi connectivity index (χ4n) is 1.91. The molecule has 18 heavy (non-hydrogen) atoms. The van der Waals surface area contributed by atoms with Crippen molar-refractivity contribution >= 4 is 23.3 Å². The first-order valence-electron chi connectivity index (χ1n) is 5.92. The largest absolute Gasteiger partial charge is 0.391 e. The smallest absolute Gasteiger partial charge is 0.322 e. The van der Waals surface area contributed by atoms with Gasteiger partial charge in [-0.2, -0.15) is 0 Å². The molecule has 1 fully saturated rings. The van der Waals surface area contributed by atoms with Crippen LogP contribution in [-0.4, -0.2) is 40.2 Å². The number of halogens is 1. The minimum atomic E-state index is -0.464. The molecule has 0 spiro atoms. The number of aliphatic hydroxyl groups excluding tert-OH is 1. The Morgan fingerprint density at radius 2 is 2.44 bits per heavy atom. The summed E-state index contributed by atoms with van der Waals surface area (Å²) in [6.45, 7) is 2.98. The van der Waals surface area contributed by atoms with Crippen LogP contribution in [0, 0.1) is 5.92 Å². The normalized spacial score (nSPS) is 23.8. The molecule has 1 saturated heterocycles. The molecule has 5 nitrogen and oxygen atoms in total. The van der Waals surface area contributed by atoms with Gasteiger partial charge in [-0.15, -0.1) is 0 Å². The molecule has 2 atom stereocenters. The fraction of sp³-hybridized carbons (Fsp3) is 0.500. The van der Waals surface area contributed by atoms with Crippen LogP contribution in [0.2, 0.25) is 5.15 Å². The van der Waals surface area contributed by atoms with Crippen molar-refractivity contribution in [1.29, 1.82) is 0 Å². The van der Waals surface area contributed by atoms with Gasteiger partial charge in [0.25, 0.3) is 0 Å². The van der Waals surface area contributed by atoms with E-state index in [1.54, 1.807) is 23.2 Å². The summed E-state index contributed by atoms with van der Waals surface area (Å²) in [5, 5.41) is 12.7. The SMILES string of the molecule is CC1CCN(C(=O)Nc2cccnc2Cl)CC1O. The van der Waals surface area contributed by atoms with Crippen LogP contribution in [0.1, 0.15) is 13.3 Å². The molecule has 0 aromatic carbocycles. The van der Waals surface area contributed by atoms with Gasteiger partial charge in [0.05, 0.1) is 11.8 Å². The molecule has 2 unspecified atom stereocenters. The Morgan fingerprint density at radius 3 is 3.11 bits per heavy atom. The Labute approximate surface area is 111 Å². The van der Waals surface area contributed by atoms with Crippen molar-refractivity contribution in [1.82, 2.24) is 9.88 Å². The zero-order chi connectivity index (χ0) is 13.1. The van der Waals surface area contributed by atoms with Gasteiger partial charge in [0, 0.05) is 19.3 Å². The van der Waals surface area contributed by atoms with E-state index in [2.05, 4.69) is 10.3 Å². The predicted molar refractivity (Wildman–Crippen MR) is 69.6 cm³/mol. The minimum Gasteiger partial charge on any atom is -0.391 e. The number of rotatable bonds is 1. The van der Waals surface area contributed by atoms with Crippen molar-refractivity contribution in [3.05, 3.63) is 23.5 Å². The molecular formula is C12H16ClN3O2. The highest BCUT2D eigenvalue weighted by molar-refractivity contribution is 6.32. The number of anilines is 1. The number of aliphatic hydroxyl groups is 1. The Morgan fingerprint density at radius 1 is 1.67 bits per heavy atom. The first-order valence-corrected chi connectivity index (χ1v) is 6.30. The third-order valence-corrected chi connectivity index (χ3v) is 3.51. The van der Waals surface area contributed by atoms with Gasteiger partial charge in [0.15, 0.2) is 5.15 Å². The average molecular weight is 270 g/mol. The van der Waals surface area contributed by atoms with Gasteiger partial charge in [0.2, 0.25) is 0 Å². The van der Waals surface area contributed by atoms with Gasteiger partial charge in [-0.1, -0.05) is 18.5 Å². The van der Waals surface area contributed by atoms with Gasteiger partial charge in [-0.25, -0.2) is 9.78 Å². The molecule has 2 amide bonds. The van der Waals surface area contributed by atoms with Crippen LogP contribution >= 0.6 is 11.6 Å². The molecule has 0 bridgehead atoms. The molecule has 0 aliphatic carbocycles. The summed E-state index contributed by atoms with van der Waals surface area (Å²) < 4.78 is 0. The molecule has 1 aliphatic rings. The number of piperidine rings is 1. The van der Waals surface area contributed by atoms with Gasteiger partial charge < -0.3 is 15.3 Å². The molecular weight excluding hydrogens is 254 g/mol. The van der Waals surface area contributed by atoms with Crippen molar-refractivity contribution < 1.29 is 9.90 Å². The second kappa shape index (κ2) is 5.54. The monoisotopic (exact) mass is 269 g/mol. The number of pyridine rings is 1. The molecule has 1 aromatic rings. The van der Waals surface area contributed by atoms with Crippen molar-refractivity contribution in [2.24, 2.45) is 5.92 Å². The quantitative estimate of drug-likeness (QED) is 0.766. The van der Waals surface area contributed by atoms with Crippen molar-refractivity contribution in [3.8, 4) is 0 Å². The summed E-state index contributed by atoms with van der Waals surface area (Å²) in [7, 11) is 0. The lowest BCUT2D eigenvalue weighted by molar-refractivity contribution is 0.0464. The lowest BCUT2D eigenvalue weighted by atomic mass is 9.96. The van der Waals surface area contributed by atoms with E-state index in [-0.39, 0.29) is 17.1 Å². The van der Waals surface area contributed by atoms with E-state index in [1.165, 1.54) is 0 Å². The number of hydrogen-bond donors (Lipinski definition) is 2. The maximum Gasteiger partial charge on any atom is 0.322 e. The van der Waals surface area contributed by atoms with Gasteiger partial charge >= 0.3 is 6.03 Å². The first-order chi connectivity index (χ1) is 8.58. The number of carbonyl (C=O) groups excluding carboxylic acids is 1. The van der Waals surface area contributed by atoms with Gasteiger partial charge in [-0.3, -0.25) is 0 Å². The number of hydrogen-bond acceptors (Lipinski definition) is 3. The van der Waals surface area contributed by atoms with E-state index in [1.807, 2.05) is 6.92 Å². The third-order valence-electron chi connectivity index (χ3n) is 3.21. The number of β-amino-alcohol motifs (C(OH)–C–C–N with tert-alkyl or cyclic N) is 1. The summed E-state index contributed by atoms with van der Waals surface area (Å²) in [6, 6.07) is 3.14. The summed E-state index contributed by atoms with van der Waals surface area (Å²) in [4.78, 5) is 17.5. The summed E-state index contributed by atoms with van der Waals surface area (Å²) in [5.41, 5.74) is 0.484. The Kier molecular flexibility index (Phi) is 4.04. The third kappa shape index (κ3) is 2.91. The molecule has 2 N–H and O–H groups in total. The highest BCUT2D eigenvalue weighted by Crippen LogP contribution is 2.20. The highest BCUT2D eigenvalue weighted by Gasteiger charge is 2.27. The van der Waals surface area contributed by atoms with E-state index in [0.29, 0.717) is 18.8 Å². The molecule has 2 heterocycles. The van der Waals surface area contributed by atoms with Crippen molar-refractivity contribution in [3.63, 3.8) is 0 Å². The number of urea groups is 1. The maximum absolute atomic E-state index is 12.0. The number of aromatic nitrogens is 1. The Hall–Kier alpha value is -1.33. The van der Waals surface area contributed by atoms with E-state index >= 15 is 0 Å². The van der Waals surface area contributed by atoms with Crippen LogP contribution in [-0.2, 0) is 0 Å². The number of nitrogens with zero attached hydrogens (tertiary/aromatic N) is 2. The molecule has 98 valence electrons. The highest BCUT2D eigenvalue weighted by atomic mass is 35.5. The second-order valence-electron chi connectivity index (χ2n) is 4.55. The average Bonchev–Trinajstić information content (AvgIpc) is 2.35. The predicted octanol–water partition coefficient (Wildman–Crippen LogP) is 1.97.